The van der Waals surface area contributed by atoms with Gasteiger partial charge in [0.05, 0.1) is 18.0 Å². The van der Waals surface area contributed by atoms with Crippen LogP contribution in [0.5, 0.6) is 0 Å². The Kier molecular flexibility index (Phi) is 6.82. The molecule has 1 saturated heterocycles. The van der Waals surface area contributed by atoms with Crippen LogP contribution in [-0.4, -0.2) is 62.4 Å². The van der Waals surface area contributed by atoms with E-state index in [1.54, 1.807) is 23.6 Å². The number of hydrogen-bond donors (Lipinski definition) is 2. The molecule has 0 spiro atoms. The van der Waals surface area contributed by atoms with Gasteiger partial charge in [0.25, 0.3) is 0 Å². The van der Waals surface area contributed by atoms with Crippen molar-refractivity contribution in [3.05, 3.63) is 24.3 Å². The van der Waals surface area contributed by atoms with Crippen LogP contribution in [0.25, 0.3) is 0 Å². The van der Waals surface area contributed by atoms with Crippen LogP contribution in [0.3, 0.4) is 0 Å². The summed E-state index contributed by atoms with van der Waals surface area (Å²) in [5.41, 5.74) is 0.455. The molecule has 1 aliphatic rings. The molecule has 3 N–H and O–H groups in total. The average Bonchev–Trinajstić information content (AvgIpc) is 2.55. The molecule has 0 unspecified atom stereocenters. The molecule has 1 aromatic rings. The monoisotopic (exact) mass is 387 g/mol. The van der Waals surface area contributed by atoms with Gasteiger partial charge >= 0.3 is 5.97 Å². The van der Waals surface area contributed by atoms with Gasteiger partial charge in [-0.3, -0.25) is 14.5 Å². The average molecular weight is 387 g/mol. The topological polar surface area (TPSA) is 119 Å². The van der Waals surface area contributed by atoms with E-state index in [2.05, 4.69) is 5.32 Å². The predicted molar refractivity (Wildman–Crippen MR) is 95.8 cm³/mol. The first kappa shape index (κ1) is 19.7. The molecule has 0 saturated carbocycles. The van der Waals surface area contributed by atoms with Crippen molar-refractivity contribution < 1.29 is 22.7 Å². The number of rotatable bonds is 6. The van der Waals surface area contributed by atoms with Gasteiger partial charge in [-0.25, -0.2) is 13.6 Å². The SMILES string of the molecule is CCOC(=O)[C@H]1CSCCN1CC(=O)Nc1ccc(S(N)(=O)=O)cc1. The highest BCUT2D eigenvalue weighted by atomic mass is 32.2. The molecule has 10 heteroatoms. The summed E-state index contributed by atoms with van der Waals surface area (Å²) in [6.45, 7) is 2.72. The third-order valence-electron chi connectivity index (χ3n) is 3.61. The molecule has 8 nitrogen and oxygen atoms in total. The minimum absolute atomic E-state index is 0.0269. The van der Waals surface area contributed by atoms with Crippen molar-refractivity contribution in [2.45, 2.75) is 17.9 Å². The zero-order valence-corrected chi connectivity index (χ0v) is 15.4. The molecule has 1 atom stereocenters. The highest BCUT2D eigenvalue weighted by molar-refractivity contribution is 7.99. The summed E-state index contributed by atoms with van der Waals surface area (Å²) in [7, 11) is -3.77. The lowest BCUT2D eigenvalue weighted by Crippen LogP contribution is -2.50. The van der Waals surface area contributed by atoms with Gasteiger partial charge in [-0.1, -0.05) is 0 Å². The van der Waals surface area contributed by atoms with Crippen molar-refractivity contribution in [3.8, 4) is 0 Å². The lowest BCUT2D eigenvalue weighted by molar-refractivity contribution is -0.148. The Hall–Kier alpha value is -1.62. The second-order valence-corrected chi connectivity index (χ2v) is 8.14. The molecule has 0 bridgehead atoms. The molecule has 1 fully saturated rings. The zero-order valence-electron chi connectivity index (χ0n) is 13.8. The van der Waals surface area contributed by atoms with E-state index in [-0.39, 0.29) is 23.3 Å². The molecular formula is C15H21N3O5S2. The lowest BCUT2D eigenvalue weighted by Gasteiger charge is -2.32. The number of anilines is 1. The van der Waals surface area contributed by atoms with Crippen molar-refractivity contribution in [3.63, 3.8) is 0 Å². The van der Waals surface area contributed by atoms with Gasteiger partial charge in [0, 0.05) is 23.7 Å². The summed E-state index contributed by atoms with van der Waals surface area (Å²) in [5, 5.41) is 7.72. The molecule has 0 aromatic heterocycles. The van der Waals surface area contributed by atoms with Gasteiger partial charge in [0.1, 0.15) is 6.04 Å². The minimum atomic E-state index is -3.77. The first-order valence-electron chi connectivity index (χ1n) is 7.72. The van der Waals surface area contributed by atoms with Gasteiger partial charge < -0.3 is 10.1 Å². The molecular weight excluding hydrogens is 366 g/mol. The standard InChI is InChI=1S/C15H21N3O5S2/c1-2-23-15(20)13-10-24-8-7-18(13)9-14(19)17-11-3-5-12(6-4-11)25(16,21)22/h3-6,13H,2,7-10H2,1H3,(H,17,19)(H2,16,21,22)/t13-/m1/s1. The van der Waals surface area contributed by atoms with Crippen LogP contribution in [0, 0.1) is 0 Å². The molecule has 1 aliphatic heterocycles. The van der Waals surface area contributed by atoms with Gasteiger partial charge in [0.15, 0.2) is 0 Å². The fourth-order valence-electron chi connectivity index (χ4n) is 2.40. The van der Waals surface area contributed by atoms with Crippen molar-refractivity contribution in [2.75, 3.05) is 36.5 Å². The summed E-state index contributed by atoms with van der Waals surface area (Å²) in [6.07, 6.45) is 0. The van der Waals surface area contributed by atoms with E-state index in [1.807, 2.05) is 0 Å². The number of esters is 1. The van der Waals surface area contributed by atoms with E-state index in [1.165, 1.54) is 24.3 Å². The molecule has 0 radical (unpaired) electrons. The highest BCUT2D eigenvalue weighted by Gasteiger charge is 2.31. The number of carbonyl (C=O) groups excluding carboxylic acids is 2. The first-order chi connectivity index (χ1) is 11.8. The summed E-state index contributed by atoms with van der Waals surface area (Å²) in [6, 6.07) is 5.14. The summed E-state index contributed by atoms with van der Waals surface area (Å²) in [4.78, 5) is 26.0. The third kappa shape index (κ3) is 5.70. The molecule has 1 aromatic carbocycles. The maximum absolute atomic E-state index is 12.2. The van der Waals surface area contributed by atoms with Crippen LogP contribution < -0.4 is 10.5 Å². The Balaban J connectivity index is 1.97. The minimum Gasteiger partial charge on any atom is -0.465 e. The predicted octanol–water partition coefficient (Wildman–Crippen LogP) is 0.253. The summed E-state index contributed by atoms with van der Waals surface area (Å²) >= 11 is 1.65. The number of primary sulfonamides is 1. The van der Waals surface area contributed by atoms with E-state index in [9.17, 15) is 18.0 Å². The Labute approximate surface area is 151 Å². The second kappa shape index (κ2) is 8.65. The number of hydrogen-bond acceptors (Lipinski definition) is 7. The van der Waals surface area contributed by atoms with Crippen LogP contribution in [0.15, 0.2) is 29.2 Å². The first-order valence-corrected chi connectivity index (χ1v) is 10.4. The maximum atomic E-state index is 12.2. The zero-order chi connectivity index (χ0) is 18.4. The quantitative estimate of drug-likeness (QED) is 0.672. The molecule has 2 rings (SSSR count). The van der Waals surface area contributed by atoms with Crippen molar-refractivity contribution in [1.29, 1.82) is 0 Å². The van der Waals surface area contributed by atoms with Crippen LogP contribution in [0.1, 0.15) is 6.92 Å². The van der Waals surface area contributed by atoms with Crippen molar-refractivity contribution in [2.24, 2.45) is 5.14 Å². The largest absolute Gasteiger partial charge is 0.465 e. The second-order valence-electron chi connectivity index (χ2n) is 5.43. The number of carbonyl (C=O) groups is 2. The number of amides is 1. The van der Waals surface area contributed by atoms with Crippen molar-refractivity contribution in [1.82, 2.24) is 4.90 Å². The molecule has 0 aliphatic carbocycles. The number of nitrogens with two attached hydrogens (primary N) is 1. The van der Waals surface area contributed by atoms with Crippen LogP contribution >= 0.6 is 11.8 Å². The number of ether oxygens (including phenoxy) is 1. The fraction of sp³-hybridized carbons (Fsp3) is 0.467. The van der Waals surface area contributed by atoms with Gasteiger partial charge in [-0.15, -0.1) is 0 Å². The Bertz CT molecular complexity index is 721. The van der Waals surface area contributed by atoms with Crippen molar-refractivity contribution >= 4 is 39.3 Å². The normalized spacial score (nSPS) is 18.6. The van der Waals surface area contributed by atoms with Crippen LogP contribution in [-0.2, 0) is 24.3 Å². The molecule has 25 heavy (non-hydrogen) atoms. The number of thioether (sulfide) groups is 1. The van der Waals surface area contributed by atoms with Gasteiger partial charge in [0.2, 0.25) is 15.9 Å². The molecule has 138 valence electrons. The van der Waals surface area contributed by atoms with Crippen LogP contribution in [0.2, 0.25) is 0 Å². The number of sulfonamides is 1. The van der Waals surface area contributed by atoms with Gasteiger partial charge in [-0.05, 0) is 31.2 Å². The van der Waals surface area contributed by atoms with E-state index >= 15 is 0 Å². The van der Waals surface area contributed by atoms with Gasteiger partial charge in [-0.2, -0.15) is 11.8 Å². The number of benzene rings is 1. The third-order valence-corrected chi connectivity index (χ3v) is 5.56. The highest BCUT2D eigenvalue weighted by Crippen LogP contribution is 2.18. The molecule has 1 amide bonds. The van der Waals surface area contributed by atoms with E-state index in [0.29, 0.717) is 24.6 Å². The van der Waals surface area contributed by atoms with Crippen LogP contribution in [0.4, 0.5) is 5.69 Å². The summed E-state index contributed by atoms with van der Waals surface area (Å²) < 4.78 is 27.5. The maximum Gasteiger partial charge on any atom is 0.324 e. The van der Waals surface area contributed by atoms with E-state index in [0.717, 1.165) is 5.75 Å². The summed E-state index contributed by atoms with van der Waals surface area (Å²) in [5.74, 6) is 0.825. The molecule has 1 heterocycles. The lowest BCUT2D eigenvalue weighted by atomic mass is 10.2. The number of nitrogens with zero attached hydrogens (tertiary/aromatic N) is 1. The fourth-order valence-corrected chi connectivity index (χ4v) is 4.01. The number of nitrogens with one attached hydrogen (secondary N) is 1. The Morgan fingerprint density at radius 1 is 1.36 bits per heavy atom. The van der Waals surface area contributed by atoms with E-state index in [4.69, 9.17) is 9.88 Å². The Morgan fingerprint density at radius 2 is 2.04 bits per heavy atom. The smallest absolute Gasteiger partial charge is 0.324 e. The Morgan fingerprint density at radius 3 is 2.64 bits per heavy atom. The van der Waals surface area contributed by atoms with E-state index < -0.39 is 16.1 Å².